The summed E-state index contributed by atoms with van der Waals surface area (Å²) < 4.78 is 31.8. The van der Waals surface area contributed by atoms with Crippen LogP contribution in [0.25, 0.3) is 23.0 Å². The summed E-state index contributed by atoms with van der Waals surface area (Å²) in [5.41, 5.74) is 3.22. The van der Waals surface area contributed by atoms with Gasteiger partial charge in [0.05, 0.1) is 32.3 Å². The van der Waals surface area contributed by atoms with Crippen molar-refractivity contribution >= 4 is 0 Å². The van der Waals surface area contributed by atoms with Crippen molar-refractivity contribution < 1.29 is 18.4 Å². The summed E-state index contributed by atoms with van der Waals surface area (Å²) in [6.45, 7) is 1.01. The van der Waals surface area contributed by atoms with E-state index in [1.54, 1.807) is 25.6 Å². The Labute approximate surface area is 165 Å². The number of hydrogen-bond acceptors (Lipinski definition) is 6. The first-order chi connectivity index (χ1) is 14.2. The Kier molecular flexibility index (Phi) is 4.33. The van der Waals surface area contributed by atoms with Gasteiger partial charge in [-0.1, -0.05) is 17.3 Å². The number of ether oxygens (including phenoxy) is 2. The zero-order valence-electron chi connectivity index (χ0n) is 15.6. The maximum absolute atomic E-state index is 13.1. The van der Waals surface area contributed by atoms with Gasteiger partial charge in [0.15, 0.2) is 5.69 Å². The Balaban J connectivity index is 1.38. The van der Waals surface area contributed by atoms with E-state index in [1.807, 2.05) is 28.8 Å². The Bertz CT molecular complexity index is 1140. The highest BCUT2D eigenvalue weighted by molar-refractivity contribution is 5.59. The molecule has 0 N–H and O–H groups in total. The number of nitrogens with zero attached hydrogens (tertiary/aromatic N) is 4. The molecule has 0 radical (unpaired) electrons. The van der Waals surface area contributed by atoms with Gasteiger partial charge in [0, 0.05) is 5.56 Å². The summed E-state index contributed by atoms with van der Waals surface area (Å²) >= 11 is 0. The summed E-state index contributed by atoms with van der Waals surface area (Å²) in [6.07, 6.45) is 1.68. The van der Waals surface area contributed by atoms with E-state index in [2.05, 4.69) is 15.1 Å². The molecule has 1 aliphatic rings. The lowest BCUT2D eigenvalue weighted by atomic mass is 10.1. The van der Waals surface area contributed by atoms with Crippen LogP contribution in [-0.4, -0.2) is 26.8 Å². The van der Waals surface area contributed by atoms with Crippen LogP contribution in [0.2, 0.25) is 0 Å². The van der Waals surface area contributed by atoms with Gasteiger partial charge in [-0.2, -0.15) is 4.98 Å². The third-order valence-electron chi connectivity index (χ3n) is 4.95. The predicted octanol–water partition coefficient (Wildman–Crippen LogP) is 4.02. The molecule has 0 fully saturated rings. The molecule has 146 valence electrons. The minimum Gasteiger partial charge on any atom is -0.497 e. The van der Waals surface area contributed by atoms with E-state index in [0.717, 1.165) is 17.0 Å². The minimum absolute atomic E-state index is 0.0760. The first-order valence-electron chi connectivity index (χ1n) is 9.11. The number of rotatable bonds is 4. The van der Waals surface area contributed by atoms with E-state index in [-0.39, 0.29) is 11.9 Å². The van der Waals surface area contributed by atoms with Crippen molar-refractivity contribution in [3.05, 3.63) is 71.9 Å². The molecule has 1 atom stereocenters. The highest BCUT2D eigenvalue weighted by Gasteiger charge is 2.26. The molecule has 0 bridgehead atoms. The molecule has 0 aliphatic carbocycles. The lowest BCUT2D eigenvalue weighted by Gasteiger charge is -2.25. The third-order valence-corrected chi connectivity index (χ3v) is 4.95. The zero-order chi connectivity index (χ0) is 19.8. The second-order valence-corrected chi connectivity index (χ2v) is 6.70. The van der Waals surface area contributed by atoms with Gasteiger partial charge in [0.2, 0.25) is 5.82 Å². The number of aromatic nitrogens is 4. The molecular formula is C21H17FN4O3. The van der Waals surface area contributed by atoms with Crippen LogP contribution in [0.4, 0.5) is 4.39 Å². The van der Waals surface area contributed by atoms with Crippen LogP contribution in [-0.2, 0) is 17.9 Å². The molecule has 1 unspecified atom stereocenters. The fraction of sp³-hybridized carbons (Fsp3) is 0.190. The summed E-state index contributed by atoms with van der Waals surface area (Å²) in [5, 5.41) is 3.99. The first kappa shape index (κ1) is 17.6. The molecule has 2 aromatic heterocycles. The van der Waals surface area contributed by atoms with Crippen molar-refractivity contribution in [2.45, 2.75) is 19.3 Å². The fourth-order valence-electron chi connectivity index (χ4n) is 3.36. The van der Waals surface area contributed by atoms with Gasteiger partial charge in [0.25, 0.3) is 5.89 Å². The molecule has 0 spiro atoms. The van der Waals surface area contributed by atoms with Crippen LogP contribution < -0.4 is 4.74 Å². The molecule has 2 aromatic carbocycles. The average Bonchev–Trinajstić information content (AvgIpc) is 3.41. The summed E-state index contributed by atoms with van der Waals surface area (Å²) in [6, 6.07) is 13.8. The predicted molar refractivity (Wildman–Crippen MR) is 101 cm³/mol. The number of benzene rings is 2. The molecule has 0 amide bonds. The van der Waals surface area contributed by atoms with Crippen LogP contribution in [0.3, 0.4) is 0 Å². The van der Waals surface area contributed by atoms with E-state index < -0.39 is 0 Å². The largest absolute Gasteiger partial charge is 0.497 e. The Hall–Kier alpha value is -3.52. The van der Waals surface area contributed by atoms with Crippen molar-refractivity contribution in [3.63, 3.8) is 0 Å². The van der Waals surface area contributed by atoms with Gasteiger partial charge in [-0.15, -0.1) is 0 Å². The second kappa shape index (κ2) is 7.14. The summed E-state index contributed by atoms with van der Waals surface area (Å²) in [5.74, 6) is 1.19. The number of methoxy groups -OCH3 is 1. The molecule has 3 heterocycles. The van der Waals surface area contributed by atoms with E-state index in [0.29, 0.717) is 36.1 Å². The summed E-state index contributed by atoms with van der Waals surface area (Å²) in [4.78, 5) is 8.86. The van der Waals surface area contributed by atoms with Gasteiger partial charge in [0.1, 0.15) is 17.7 Å². The molecule has 5 rings (SSSR count). The van der Waals surface area contributed by atoms with Crippen LogP contribution in [0, 0.1) is 5.82 Å². The number of fused-ring (bicyclic) bond motifs is 1. The van der Waals surface area contributed by atoms with Gasteiger partial charge >= 0.3 is 0 Å². The first-order valence-corrected chi connectivity index (χ1v) is 9.11. The SMILES string of the molecule is COc1ccc(C2Cn3cnc(-c4nc(-c5ccc(F)cc5)no4)c3CO2)cc1. The summed E-state index contributed by atoms with van der Waals surface area (Å²) in [7, 11) is 1.64. The monoisotopic (exact) mass is 392 g/mol. The maximum atomic E-state index is 13.1. The quantitative estimate of drug-likeness (QED) is 0.522. The molecule has 0 saturated carbocycles. The van der Waals surface area contributed by atoms with Crippen molar-refractivity contribution in [1.82, 2.24) is 19.7 Å². The molecule has 1 aliphatic heterocycles. The van der Waals surface area contributed by atoms with Crippen LogP contribution >= 0.6 is 0 Å². The van der Waals surface area contributed by atoms with Crippen molar-refractivity contribution in [2.24, 2.45) is 0 Å². The Morgan fingerprint density at radius 3 is 2.66 bits per heavy atom. The smallest absolute Gasteiger partial charge is 0.278 e. The molecule has 7 nitrogen and oxygen atoms in total. The van der Waals surface area contributed by atoms with E-state index in [1.165, 1.54) is 12.1 Å². The van der Waals surface area contributed by atoms with Crippen molar-refractivity contribution in [1.29, 1.82) is 0 Å². The third kappa shape index (κ3) is 3.27. The van der Waals surface area contributed by atoms with Crippen LogP contribution in [0.1, 0.15) is 17.4 Å². The van der Waals surface area contributed by atoms with Gasteiger partial charge < -0.3 is 18.6 Å². The Morgan fingerprint density at radius 1 is 1.10 bits per heavy atom. The van der Waals surface area contributed by atoms with E-state index in [9.17, 15) is 4.39 Å². The van der Waals surface area contributed by atoms with Crippen molar-refractivity contribution in [2.75, 3.05) is 7.11 Å². The molecule has 29 heavy (non-hydrogen) atoms. The van der Waals surface area contributed by atoms with Gasteiger partial charge in [-0.3, -0.25) is 0 Å². The van der Waals surface area contributed by atoms with Crippen molar-refractivity contribution in [3.8, 4) is 28.7 Å². The van der Waals surface area contributed by atoms with Gasteiger partial charge in [-0.05, 0) is 42.0 Å². The lowest BCUT2D eigenvalue weighted by molar-refractivity contribution is 0.00328. The minimum atomic E-state index is -0.316. The normalized spacial score (nSPS) is 15.9. The fourth-order valence-corrected chi connectivity index (χ4v) is 3.36. The molecule has 0 saturated heterocycles. The lowest BCUT2D eigenvalue weighted by Crippen LogP contribution is -2.20. The average molecular weight is 392 g/mol. The van der Waals surface area contributed by atoms with Gasteiger partial charge in [-0.25, -0.2) is 9.37 Å². The number of halogens is 1. The topological polar surface area (TPSA) is 75.2 Å². The van der Waals surface area contributed by atoms with E-state index in [4.69, 9.17) is 14.0 Å². The Morgan fingerprint density at radius 2 is 1.90 bits per heavy atom. The second-order valence-electron chi connectivity index (χ2n) is 6.70. The standard InChI is InChI=1S/C21H17FN4O3/c1-27-16-8-4-13(5-9-16)18-10-26-12-23-19(17(26)11-28-18)21-24-20(25-29-21)14-2-6-15(22)7-3-14/h2-9,12,18H,10-11H2,1H3. The maximum Gasteiger partial charge on any atom is 0.278 e. The van der Waals surface area contributed by atoms with Crippen LogP contribution in [0.5, 0.6) is 5.75 Å². The van der Waals surface area contributed by atoms with Crippen LogP contribution in [0.15, 0.2) is 59.4 Å². The molecular weight excluding hydrogens is 375 g/mol. The highest BCUT2D eigenvalue weighted by Crippen LogP contribution is 2.32. The molecule has 8 heteroatoms. The van der Waals surface area contributed by atoms with E-state index >= 15 is 0 Å². The number of imidazole rings is 1. The zero-order valence-corrected chi connectivity index (χ0v) is 15.6. The molecule has 4 aromatic rings. The highest BCUT2D eigenvalue weighted by atomic mass is 19.1. The number of hydrogen-bond donors (Lipinski definition) is 0.